The topological polar surface area (TPSA) is 18.5 Å². The molecule has 2 bridgehead atoms. The quantitative estimate of drug-likeness (QED) is 0.543. The lowest BCUT2D eigenvalue weighted by Gasteiger charge is -2.52. The molecule has 6 rings (SSSR count). The number of hydrogen-bond acceptors (Lipinski definition) is 2. The van der Waals surface area contributed by atoms with Gasteiger partial charge in [0.1, 0.15) is 11.5 Å². The summed E-state index contributed by atoms with van der Waals surface area (Å²) in [7, 11) is 3.53. The van der Waals surface area contributed by atoms with Gasteiger partial charge in [-0.15, -0.1) is 0 Å². The van der Waals surface area contributed by atoms with Crippen molar-refractivity contribution in [2.75, 3.05) is 14.2 Å². The van der Waals surface area contributed by atoms with Crippen molar-refractivity contribution in [3.63, 3.8) is 0 Å². The van der Waals surface area contributed by atoms with Gasteiger partial charge in [0.2, 0.25) is 0 Å². The van der Waals surface area contributed by atoms with E-state index in [-0.39, 0.29) is 11.3 Å². The fourth-order valence-corrected chi connectivity index (χ4v) is 5.51. The van der Waals surface area contributed by atoms with Crippen molar-refractivity contribution in [2.45, 2.75) is 25.2 Å². The van der Waals surface area contributed by atoms with E-state index in [9.17, 15) is 0 Å². The van der Waals surface area contributed by atoms with Crippen LogP contribution in [0.2, 0.25) is 0 Å². The minimum Gasteiger partial charge on any atom is -0.496 e. The van der Waals surface area contributed by atoms with Gasteiger partial charge in [-0.05, 0) is 48.2 Å². The molecule has 0 spiro atoms. The predicted octanol–water partition coefficient (Wildman–Crippen LogP) is 5.81. The average molecular weight is 368 g/mol. The fraction of sp³-hybridized carbons (Fsp3) is 0.231. The largest absolute Gasteiger partial charge is 0.496 e. The third kappa shape index (κ3) is 1.83. The molecule has 0 fully saturated rings. The summed E-state index contributed by atoms with van der Waals surface area (Å²) in [6.45, 7) is 4.37. The first-order valence-electron chi connectivity index (χ1n) is 9.77. The van der Waals surface area contributed by atoms with Gasteiger partial charge in [0.25, 0.3) is 0 Å². The summed E-state index contributed by atoms with van der Waals surface area (Å²) < 4.78 is 11.8. The molecule has 0 amide bonds. The number of methoxy groups -OCH3 is 2. The zero-order valence-electron chi connectivity index (χ0n) is 16.7. The van der Waals surface area contributed by atoms with E-state index in [0.717, 1.165) is 11.5 Å². The van der Waals surface area contributed by atoms with E-state index < -0.39 is 0 Å². The second-order valence-electron chi connectivity index (χ2n) is 7.59. The molecule has 0 unspecified atom stereocenters. The van der Waals surface area contributed by atoms with E-state index in [1.165, 1.54) is 39.0 Å². The third-order valence-electron chi connectivity index (χ3n) is 6.65. The zero-order valence-corrected chi connectivity index (χ0v) is 16.7. The Hall–Kier alpha value is -3.00. The summed E-state index contributed by atoms with van der Waals surface area (Å²) in [4.78, 5) is 0. The Bertz CT molecular complexity index is 1080. The molecule has 3 aliphatic carbocycles. The van der Waals surface area contributed by atoms with Crippen molar-refractivity contribution in [1.82, 2.24) is 0 Å². The lowest BCUT2D eigenvalue weighted by atomic mass is 9.50. The highest BCUT2D eigenvalue weighted by molar-refractivity contribution is 5.79. The standard InChI is InChI=1S/C26H24O2/c1-5-16(2)26-19-12-8-6-10-17(19)23(18-11-7-9-13-20(18)26)24-21(27-3)14-15-22(28-4)25(24)26/h5-15,23H,1-4H3/b16-5-. The normalized spacial score (nSPS) is 21.6. The van der Waals surface area contributed by atoms with E-state index in [2.05, 4.69) is 68.5 Å². The predicted molar refractivity (Wildman–Crippen MR) is 113 cm³/mol. The number of rotatable bonds is 3. The Morgan fingerprint density at radius 2 is 1.36 bits per heavy atom. The van der Waals surface area contributed by atoms with E-state index in [1.54, 1.807) is 14.2 Å². The Morgan fingerprint density at radius 1 is 0.821 bits per heavy atom. The van der Waals surface area contributed by atoms with Crippen molar-refractivity contribution >= 4 is 0 Å². The molecule has 0 saturated heterocycles. The maximum atomic E-state index is 5.93. The minimum absolute atomic E-state index is 0.152. The summed E-state index contributed by atoms with van der Waals surface area (Å²) in [6, 6.07) is 21.8. The van der Waals surface area contributed by atoms with Crippen LogP contribution in [0.1, 0.15) is 53.1 Å². The van der Waals surface area contributed by atoms with Crippen molar-refractivity contribution in [3.05, 3.63) is 106 Å². The monoisotopic (exact) mass is 368 g/mol. The molecule has 0 saturated carbocycles. The van der Waals surface area contributed by atoms with Crippen LogP contribution in [0, 0.1) is 0 Å². The second kappa shape index (κ2) is 6.00. The van der Waals surface area contributed by atoms with E-state index >= 15 is 0 Å². The van der Waals surface area contributed by atoms with Crippen LogP contribution in [0.5, 0.6) is 11.5 Å². The fourth-order valence-electron chi connectivity index (χ4n) is 5.51. The van der Waals surface area contributed by atoms with Gasteiger partial charge in [0.05, 0.1) is 19.6 Å². The molecule has 0 atom stereocenters. The first kappa shape index (κ1) is 17.1. The molecule has 0 aromatic heterocycles. The molecule has 3 aliphatic rings. The zero-order chi connectivity index (χ0) is 19.5. The van der Waals surface area contributed by atoms with Crippen LogP contribution < -0.4 is 9.47 Å². The van der Waals surface area contributed by atoms with Crippen molar-refractivity contribution in [3.8, 4) is 11.5 Å². The number of benzene rings is 3. The van der Waals surface area contributed by atoms with Crippen molar-refractivity contribution < 1.29 is 9.47 Å². The minimum atomic E-state index is -0.369. The van der Waals surface area contributed by atoms with Gasteiger partial charge < -0.3 is 9.47 Å². The van der Waals surface area contributed by atoms with E-state index in [1.807, 2.05) is 12.1 Å². The molecule has 3 aromatic rings. The molecule has 0 heterocycles. The third-order valence-corrected chi connectivity index (χ3v) is 6.65. The van der Waals surface area contributed by atoms with Crippen LogP contribution in [0.25, 0.3) is 0 Å². The van der Waals surface area contributed by atoms with Gasteiger partial charge in [-0.1, -0.05) is 60.2 Å². The average Bonchev–Trinajstić information content (AvgIpc) is 2.77. The highest BCUT2D eigenvalue weighted by Crippen LogP contribution is 2.65. The summed E-state index contributed by atoms with van der Waals surface area (Å²) in [5.41, 5.74) is 8.84. The first-order chi connectivity index (χ1) is 13.7. The molecule has 2 heteroatoms. The van der Waals surface area contributed by atoms with E-state index in [0.29, 0.717) is 0 Å². The van der Waals surface area contributed by atoms with Crippen LogP contribution in [-0.2, 0) is 5.41 Å². The molecular formula is C26H24O2. The van der Waals surface area contributed by atoms with Crippen LogP contribution in [0.3, 0.4) is 0 Å². The van der Waals surface area contributed by atoms with E-state index in [4.69, 9.17) is 9.47 Å². The SMILES string of the molecule is C/C=C(/C)C12c3ccccc3C(c3ccccc31)c1c(OC)ccc(OC)c12. The molecule has 0 radical (unpaired) electrons. The lowest BCUT2D eigenvalue weighted by molar-refractivity contribution is 0.383. The lowest BCUT2D eigenvalue weighted by Crippen LogP contribution is -2.43. The van der Waals surface area contributed by atoms with Gasteiger partial charge in [-0.25, -0.2) is 0 Å². The summed E-state index contributed by atoms with van der Waals surface area (Å²) >= 11 is 0. The van der Waals surface area contributed by atoms with Gasteiger partial charge in [0.15, 0.2) is 0 Å². The molecular weight excluding hydrogens is 344 g/mol. The van der Waals surface area contributed by atoms with Gasteiger partial charge in [0, 0.05) is 17.0 Å². The molecule has 0 N–H and O–H groups in total. The highest BCUT2D eigenvalue weighted by atomic mass is 16.5. The summed E-state index contributed by atoms with van der Waals surface area (Å²) in [5, 5.41) is 0. The molecule has 28 heavy (non-hydrogen) atoms. The number of allylic oxidation sites excluding steroid dienone is 2. The van der Waals surface area contributed by atoms with Gasteiger partial charge in [-0.2, -0.15) is 0 Å². The summed E-state index contributed by atoms with van der Waals surface area (Å²) in [5.74, 6) is 2.00. The Labute approximate surface area is 166 Å². The van der Waals surface area contributed by atoms with Crippen LogP contribution in [-0.4, -0.2) is 14.2 Å². The van der Waals surface area contributed by atoms with Gasteiger partial charge in [-0.3, -0.25) is 0 Å². The van der Waals surface area contributed by atoms with Crippen molar-refractivity contribution in [2.24, 2.45) is 0 Å². The van der Waals surface area contributed by atoms with Crippen LogP contribution in [0.15, 0.2) is 72.3 Å². The smallest absolute Gasteiger partial charge is 0.124 e. The Balaban J connectivity index is 2.06. The molecule has 2 nitrogen and oxygen atoms in total. The molecule has 140 valence electrons. The summed E-state index contributed by atoms with van der Waals surface area (Å²) in [6.07, 6.45) is 2.24. The van der Waals surface area contributed by atoms with Crippen LogP contribution in [0.4, 0.5) is 0 Å². The highest BCUT2D eigenvalue weighted by Gasteiger charge is 2.54. The van der Waals surface area contributed by atoms with Gasteiger partial charge >= 0.3 is 0 Å². The number of ether oxygens (including phenoxy) is 2. The second-order valence-corrected chi connectivity index (χ2v) is 7.59. The molecule has 3 aromatic carbocycles. The molecule has 0 aliphatic heterocycles. The first-order valence-corrected chi connectivity index (χ1v) is 9.77. The number of hydrogen-bond donors (Lipinski definition) is 0. The van der Waals surface area contributed by atoms with Crippen LogP contribution >= 0.6 is 0 Å². The maximum absolute atomic E-state index is 5.93. The Morgan fingerprint density at radius 3 is 1.89 bits per heavy atom. The Kier molecular flexibility index (Phi) is 3.67. The maximum Gasteiger partial charge on any atom is 0.124 e. The van der Waals surface area contributed by atoms with Crippen molar-refractivity contribution in [1.29, 1.82) is 0 Å².